The van der Waals surface area contributed by atoms with E-state index in [9.17, 15) is 22.8 Å². The van der Waals surface area contributed by atoms with Gasteiger partial charge in [-0.15, -0.1) is 0 Å². The maximum absolute atomic E-state index is 12.7. The average molecular weight is 380 g/mol. The van der Waals surface area contributed by atoms with Crippen LogP contribution in [0.15, 0.2) is 35.9 Å². The highest BCUT2D eigenvalue weighted by Gasteiger charge is 2.48. The van der Waals surface area contributed by atoms with Crippen molar-refractivity contribution in [3.8, 4) is 0 Å². The molecule has 2 atom stereocenters. The molecule has 2 aliphatic carbocycles. The first-order valence-electron chi connectivity index (χ1n) is 9.28. The normalized spacial score (nSPS) is 22.0. The number of alkyl halides is 3. The number of anilines is 1. The van der Waals surface area contributed by atoms with Crippen LogP contribution in [0.2, 0.25) is 0 Å². The van der Waals surface area contributed by atoms with Crippen LogP contribution in [0.25, 0.3) is 0 Å². The van der Waals surface area contributed by atoms with Crippen molar-refractivity contribution in [2.45, 2.75) is 44.7 Å². The van der Waals surface area contributed by atoms with Crippen molar-refractivity contribution in [2.24, 2.45) is 11.8 Å². The maximum Gasteiger partial charge on any atom is 0.416 e. The zero-order chi connectivity index (χ0) is 19.4. The van der Waals surface area contributed by atoms with E-state index >= 15 is 0 Å². The molecule has 1 saturated carbocycles. The lowest BCUT2D eigenvalue weighted by Crippen LogP contribution is -2.28. The van der Waals surface area contributed by atoms with E-state index in [2.05, 4.69) is 16.7 Å². The van der Waals surface area contributed by atoms with Gasteiger partial charge in [0.15, 0.2) is 0 Å². The van der Waals surface area contributed by atoms with Crippen molar-refractivity contribution in [3.63, 3.8) is 0 Å². The van der Waals surface area contributed by atoms with Gasteiger partial charge in [-0.1, -0.05) is 17.7 Å². The Bertz CT molecular complexity index is 743. The monoisotopic (exact) mass is 380 g/mol. The Balaban J connectivity index is 1.44. The number of benzene rings is 1. The second kappa shape index (κ2) is 8.15. The van der Waals surface area contributed by atoms with Gasteiger partial charge in [-0.25, -0.2) is 0 Å². The summed E-state index contributed by atoms with van der Waals surface area (Å²) in [5.74, 6) is -1.44. The van der Waals surface area contributed by atoms with Gasteiger partial charge in [0.1, 0.15) is 0 Å². The minimum Gasteiger partial charge on any atom is -0.356 e. The van der Waals surface area contributed by atoms with E-state index in [1.165, 1.54) is 30.5 Å². The first kappa shape index (κ1) is 19.5. The molecule has 3 rings (SSSR count). The molecule has 0 aliphatic heterocycles. The van der Waals surface area contributed by atoms with Crippen LogP contribution in [0.5, 0.6) is 0 Å². The fourth-order valence-electron chi connectivity index (χ4n) is 3.39. The SMILES string of the molecule is O=C(NCCC1=CCCCC1)C1CC1C(=O)Nc1cccc(C(F)(F)F)c1. The molecule has 2 amide bonds. The number of allylic oxidation sites excluding steroid dienone is 1. The molecule has 4 nitrogen and oxygen atoms in total. The summed E-state index contributed by atoms with van der Waals surface area (Å²) in [5, 5.41) is 5.34. The number of amides is 2. The first-order valence-corrected chi connectivity index (χ1v) is 9.28. The third-order valence-electron chi connectivity index (χ3n) is 5.05. The number of carbonyl (C=O) groups is 2. The van der Waals surface area contributed by atoms with Crippen molar-refractivity contribution < 1.29 is 22.8 Å². The molecule has 0 heterocycles. The Morgan fingerprint density at radius 1 is 1.11 bits per heavy atom. The molecule has 0 spiro atoms. The Morgan fingerprint density at radius 3 is 2.59 bits per heavy atom. The highest BCUT2D eigenvalue weighted by atomic mass is 19.4. The molecule has 0 bridgehead atoms. The summed E-state index contributed by atoms with van der Waals surface area (Å²) in [6.07, 6.45) is 3.64. The molecule has 7 heteroatoms. The van der Waals surface area contributed by atoms with E-state index in [0.717, 1.165) is 31.4 Å². The fraction of sp³-hybridized carbons (Fsp3) is 0.500. The second-order valence-corrected chi connectivity index (χ2v) is 7.17. The van der Waals surface area contributed by atoms with Crippen LogP contribution in [0, 0.1) is 11.8 Å². The molecule has 0 saturated heterocycles. The minimum absolute atomic E-state index is 0.0881. The molecule has 1 aromatic rings. The zero-order valence-corrected chi connectivity index (χ0v) is 14.9. The third kappa shape index (κ3) is 5.34. The summed E-state index contributed by atoms with van der Waals surface area (Å²) in [6.45, 7) is 0.559. The number of halogens is 3. The van der Waals surface area contributed by atoms with Gasteiger partial charge in [-0.3, -0.25) is 9.59 Å². The highest BCUT2D eigenvalue weighted by molar-refractivity contribution is 5.99. The smallest absolute Gasteiger partial charge is 0.356 e. The van der Waals surface area contributed by atoms with Crippen molar-refractivity contribution in [2.75, 3.05) is 11.9 Å². The molecule has 0 radical (unpaired) electrons. The summed E-state index contributed by atoms with van der Waals surface area (Å²) in [5.41, 5.74) is 0.642. The van der Waals surface area contributed by atoms with Crippen LogP contribution < -0.4 is 10.6 Å². The molecule has 146 valence electrons. The van der Waals surface area contributed by atoms with E-state index in [4.69, 9.17) is 0 Å². The lowest BCUT2D eigenvalue weighted by atomic mass is 9.97. The predicted molar refractivity (Wildman–Crippen MR) is 95.8 cm³/mol. The van der Waals surface area contributed by atoms with Crippen LogP contribution >= 0.6 is 0 Å². The van der Waals surface area contributed by atoms with Crippen LogP contribution in [0.4, 0.5) is 18.9 Å². The standard InChI is InChI=1S/C20H23F3N2O2/c21-20(22,23)14-7-4-8-15(11-14)25-19(27)17-12-16(17)18(26)24-10-9-13-5-2-1-3-6-13/h4-5,7-8,11,16-17H,1-3,6,9-10,12H2,(H,24,26)(H,25,27). The number of hydrogen-bond acceptors (Lipinski definition) is 2. The lowest BCUT2D eigenvalue weighted by molar-refractivity contribution is -0.137. The summed E-state index contributed by atoms with van der Waals surface area (Å²) >= 11 is 0. The average Bonchev–Trinajstić information content (AvgIpc) is 3.43. The Hall–Kier alpha value is -2.31. The maximum atomic E-state index is 12.7. The Morgan fingerprint density at radius 2 is 1.89 bits per heavy atom. The molecule has 27 heavy (non-hydrogen) atoms. The van der Waals surface area contributed by atoms with E-state index < -0.39 is 29.5 Å². The molecule has 1 fully saturated rings. The van der Waals surface area contributed by atoms with Gasteiger partial charge < -0.3 is 10.6 Å². The van der Waals surface area contributed by atoms with Crippen molar-refractivity contribution in [3.05, 3.63) is 41.5 Å². The zero-order valence-electron chi connectivity index (χ0n) is 14.9. The summed E-state index contributed by atoms with van der Waals surface area (Å²) in [4.78, 5) is 24.3. The van der Waals surface area contributed by atoms with Crippen molar-refractivity contribution in [1.82, 2.24) is 5.32 Å². The summed E-state index contributed by atoms with van der Waals surface area (Å²) < 4.78 is 38.2. The topological polar surface area (TPSA) is 58.2 Å². The van der Waals surface area contributed by atoms with Crippen LogP contribution in [0.1, 0.15) is 44.1 Å². The number of carbonyl (C=O) groups excluding carboxylic acids is 2. The lowest BCUT2D eigenvalue weighted by Gasteiger charge is -2.13. The van der Waals surface area contributed by atoms with Gasteiger partial charge in [-0.2, -0.15) is 13.2 Å². The Kier molecular flexibility index (Phi) is 5.87. The predicted octanol–water partition coefficient (Wildman–Crippen LogP) is 4.29. The van der Waals surface area contributed by atoms with Crippen molar-refractivity contribution >= 4 is 17.5 Å². The van der Waals surface area contributed by atoms with Crippen LogP contribution in [-0.4, -0.2) is 18.4 Å². The van der Waals surface area contributed by atoms with E-state index in [1.54, 1.807) is 0 Å². The molecular formula is C20H23F3N2O2. The van der Waals surface area contributed by atoms with Crippen LogP contribution in [0.3, 0.4) is 0 Å². The number of nitrogens with one attached hydrogen (secondary N) is 2. The molecule has 2 N–H and O–H groups in total. The van der Waals surface area contributed by atoms with Gasteiger partial charge in [0.25, 0.3) is 0 Å². The molecule has 2 aliphatic rings. The first-order chi connectivity index (χ1) is 12.8. The number of rotatable bonds is 6. The van der Waals surface area contributed by atoms with Gasteiger partial charge >= 0.3 is 6.18 Å². The summed E-state index contributed by atoms with van der Waals surface area (Å²) in [7, 11) is 0. The highest BCUT2D eigenvalue weighted by Crippen LogP contribution is 2.40. The van der Waals surface area contributed by atoms with Gasteiger partial charge in [0.05, 0.1) is 17.4 Å². The van der Waals surface area contributed by atoms with Gasteiger partial charge in [-0.05, 0) is 56.7 Å². The van der Waals surface area contributed by atoms with Gasteiger partial charge in [0.2, 0.25) is 11.8 Å². The second-order valence-electron chi connectivity index (χ2n) is 7.17. The largest absolute Gasteiger partial charge is 0.416 e. The fourth-order valence-corrected chi connectivity index (χ4v) is 3.39. The number of hydrogen-bond donors (Lipinski definition) is 2. The minimum atomic E-state index is -4.46. The summed E-state index contributed by atoms with van der Waals surface area (Å²) in [6, 6.07) is 4.50. The Labute approximate surface area is 156 Å². The third-order valence-corrected chi connectivity index (χ3v) is 5.05. The van der Waals surface area contributed by atoms with E-state index in [0.29, 0.717) is 13.0 Å². The van der Waals surface area contributed by atoms with Gasteiger partial charge in [0, 0.05) is 12.2 Å². The van der Waals surface area contributed by atoms with Crippen LogP contribution in [-0.2, 0) is 15.8 Å². The molecule has 2 unspecified atom stereocenters. The van der Waals surface area contributed by atoms with E-state index in [-0.39, 0.29) is 11.6 Å². The van der Waals surface area contributed by atoms with Crippen molar-refractivity contribution in [1.29, 1.82) is 0 Å². The van der Waals surface area contributed by atoms with E-state index in [1.807, 2.05) is 0 Å². The molecule has 1 aromatic carbocycles. The molecule has 0 aromatic heterocycles. The molecular weight excluding hydrogens is 357 g/mol. The quantitative estimate of drug-likeness (QED) is 0.724.